The quantitative estimate of drug-likeness (QED) is 0.193. The van der Waals surface area contributed by atoms with Crippen LogP contribution in [-0.2, 0) is 0 Å². The first-order chi connectivity index (χ1) is 24.7. The molecule has 0 amide bonds. The fourth-order valence-corrected chi connectivity index (χ4v) is 7.45. The van der Waals surface area contributed by atoms with Crippen molar-refractivity contribution in [1.29, 1.82) is 15.8 Å². The van der Waals surface area contributed by atoms with Crippen molar-refractivity contribution >= 4 is 43.6 Å². The lowest BCUT2D eigenvalue weighted by Crippen LogP contribution is -2.00. The summed E-state index contributed by atoms with van der Waals surface area (Å²) in [6, 6.07) is 57.7. The van der Waals surface area contributed by atoms with E-state index in [2.05, 4.69) is 100 Å². The van der Waals surface area contributed by atoms with Crippen LogP contribution in [0.1, 0.15) is 16.7 Å². The third kappa shape index (κ3) is 4.31. The van der Waals surface area contributed by atoms with E-state index in [1.165, 1.54) is 0 Å². The zero-order valence-corrected chi connectivity index (χ0v) is 26.7. The lowest BCUT2D eigenvalue weighted by Gasteiger charge is -2.17. The normalized spacial score (nSPS) is 11.1. The zero-order chi connectivity index (χ0) is 33.8. The highest BCUT2D eigenvalue weighted by atomic mass is 15.0. The highest BCUT2D eigenvalue weighted by Crippen LogP contribution is 2.40. The molecule has 0 saturated carbocycles. The Labute approximate surface area is 287 Å². The van der Waals surface area contributed by atoms with Crippen LogP contribution in [-0.4, -0.2) is 9.13 Å². The summed E-state index contributed by atoms with van der Waals surface area (Å²) in [6.07, 6.45) is 0. The number of nitriles is 3. The van der Waals surface area contributed by atoms with Crippen molar-refractivity contribution in [2.24, 2.45) is 0 Å². The predicted octanol–water partition coefficient (Wildman–Crippen LogP) is 10.8. The van der Waals surface area contributed by atoms with Crippen molar-refractivity contribution in [2.45, 2.75) is 0 Å². The van der Waals surface area contributed by atoms with Crippen LogP contribution >= 0.6 is 0 Å². The highest BCUT2D eigenvalue weighted by molar-refractivity contribution is 6.11. The van der Waals surface area contributed by atoms with E-state index in [0.717, 1.165) is 77.2 Å². The Hall–Kier alpha value is -7.39. The second kappa shape index (κ2) is 11.4. The fourth-order valence-electron chi connectivity index (χ4n) is 7.45. The van der Waals surface area contributed by atoms with E-state index in [1.54, 1.807) is 0 Å². The van der Waals surface area contributed by atoms with Crippen LogP contribution in [0.5, 0.6) is 0 Å². The number of para-hydroxylation sites is 3. The summed E-state index contributed by atoms with van der Waals surface area (Å²) in [5.74, 6) is 0. The number of aromatic nitrogens is 2. The molecule has 0 aliphatic carbocycles. The van der Waals surface area contributed by atoms with E-state index in [4.69, 9.17) is 0 Å². The topological polar surface area (TPSA) is 81.2 Å². The molecule has 0 atom stereocenters. The number of hydrogen-bond acceptors (Lipinski definition) is 3. The van der Waals surface area contributed by atoms with Gasteiger partial charge >= 0.3 is 0 Å². The third-order valence-corrected chi connectivity index (χ3v) is 9.63. The van der Waals surface area contributed by atoms with Gasteiger partial charge in [0.1, 0.15) is 6.07 Å². The average molecular weight is 636 g/mol. The number of fused-ring (bicyclic) bond motifs is 6. The zero-order valence-electron chi connectivity index (χ0n) is 26.7. The molecule has 0 saturated heterocycles. The van der Waals surface area contributed by atoms with E-state index >= 15 is 0 Å². The van der Waals surface area contributed by atoms with Gasteiger partial charge in [-0.05, 0) is 83.4 Å². The van der Waals surface area contributed by atoms with Crippen molar-refractivity contribution in [2.75, 3.05) is 0 Å². The van der Waals surface area contributed by atoms with E-state index in [9.17, 15) is 15.8 Å². The monoisotopic (exact) mass is 635 g/mol. The SMILES string of the molecule is N#Cc1ccc2c(c1)c1ccccc1n2-c1cc(-c2cccc(-c3c(C#N)cccc3-n3c4ccccc4c4ccccc43)c2)ccc1C#N. The van der Waals surface area contributed by atoms with Crippen LogP contribution in [0.25, 0.3) is 77.2 Å². The summed E-state index contributed by atoms with van der Waals surface area (Å²) in [5, 5.41) is 34.6. The van der Waals surface area contributed by atoms with Crippen LogP contribution in [0.15, 0.2) is 152 Å². The largest absolute Gasteiger partial charge is 0.309 e. The predicted molar refractivity (Wildman–Crippen MR) is 200 cm³/mol. The minimum absolute atomic E-state index is 0.542. The van der Waals surface area contributed by atoms with Crippen LogP contribution in [0.4, 0.5) is 0 Å². The van der Waals surface area contributed by atoms with E-state index in [1.807, 2.05) is 78.9 Å². The van der Waals surface area contributed by atoms with Gasteiger partial charge in [-0.1, -0.05) is 84.9 Å². The van der Waals surface area contributed by atoms with E-state index in [0.29, 0.717) is 16.7 Å². The standard InChI is InChI=1S/C45H25N5/c46-26-29-19-22-42-38(23-29)37-14-3-6-17-41(37)50(42)44-25-31(20-21-33(44)27-47)30-9-7-10-32(24-30)45-34(28-48)11-8-18-43(45)49-39-15-4-1-12-35(39)36-13-2-5-16-40(36)49/h1-25H. The first kappa shape index (κ1) is 28.8. The fraction of sp³-hybridized carbons (Fsp3) is 0. The number of hydrogen-bond donors (Lipinski definition) is 0. The molecule has 0 fully saturated rings. The maximum absolute atomic E-state index is 10.4. The van der Waals surface area contributed by atoms with Crippen molar-refractivity contribution in [3.8, 4) is 51.8 Å². The number of benzene rings is 7. The van der Waals surface area contributed by atoms with Gasteiger partial charge in [0.15, 0.2) is 0 Å². The highest BCUT2D eigenvalue weighted by Gasteiger charge is 2.20. The summed E-state index contributed by atoms with van der Waals surface area (Å²) in [6.45, 7) is 0. The Morgan fingerprint density at radius 2 is 0.920 bits per heavy atom. The average Bonchev–Trinajstić information content (AvgIpc) is 3.70. The Balaban J connectivity index is 1.26. The molecule has 0 radical (unpaired) electrons. The van der Waals surface area contributed by atoms with Gasteiger partial charge < -0.3 is 9.13 Å². The molecule has 2 aromatic heterocycles. The molecular weight excluding hydrogens is 611 g/mol. The Morgan fingerprint density at radius 3 is 1.58 bits per heavy atom. The number of rotatable bonds is 4. The number of nitrogens with zero attached hydrogens (tertiary/aromatic N) is 5. The van der Waals surface area contributed by atoms with Crippen molar-refractivity contribution in [1.82, 2.24) is 9.13 Å². The maximum atomic E-state index is 10.4. The summed E-state index contributed by atoms with van der Waals surface area (Å²) in [5.41, 5.74) is 11.1. The summed E-state index contributed by atoms with van der Waals surface area (Å²) in [4.78, 5) is 0. The van der Waals surface area contributed by atoms with Crippen LogP contribution in [0, 0.1) is 34.0 Å². The van der Waals surface area contributed by atoms with Crippen molar-refractivity contribution in [3.05, 3.63) is 168 Å². The second-order valence-corrected chi connectivity index (χ2v) is 12.3. The molecule has 5 heteroatoms. The van der Waals surface area contributed by atoms with Crippen LogP contribution in [0.2, 0.25) is 0 Å². The molecular formula is C45H25N5. The van der Waals surface area contributed by atoms with Crippen molar-refractivity contribution in [3.63, 3.8) is 0 Å². The van der Waals surface area contributed by atoms with E-state index < -0.39 is 0 Å². The van der Waals surface area contributed by atoms with Crippen LogP contribution in [0.3, 0.4) is 0 Å². The second-order valence-electron chi connectivity index (χ2n) is 12.3. The van der Waals surface area contributed by atoms with Gasteiger partial charge in [0.25, 0.3) is 0 Å². The molecule has 2 heterocycles. The third-order valence-electron chi connectivity index (χ3n) is 9.63. The first-order valence-electron chi connectivity index (χ1n) is 16.3. The smallest absolute Gasteiger partial charge is 0.101 e. The molecule has 5 nitrogen and oxygen atoms in total. The van der Waals surface area contributed by atoms with Gasteiger partial charge in [-0.3, -0.25) is 0 Å². The molecule has 9 aromatic rings. The first-order valence-corrected chi connectivity index (χ1v) is 16.3. The Kier molecular flexibility index (Phi) is 6.56. The molecule has 230 valence electrons. The molecule has 0 aliphatic rings. The van der Waals surface area contributed by atoms with Gasteiger partial charge in [-0.2, -0.15) is 15.8 Å². The molecule has 0 spiro atoms. The summed E-state index contributed by atoms with van der Waals surface area (Å²) < 4.78 is 4.37. The molecule has 9 rings (SSSR count). The van der Waals surface area contributed by atoms with Crippen molar-refractivity contribution < 1.29 is 0 Å². The molecule has 7 aromatic carbocycles. The minimum Gasteiger partial charge on any atom is -0.309 e. The maximum Gasteiger partial charge on any atom is 0.101 e. The summed E-state index contributed by atoms with van der Waals surface area (Å²) in [7, 11) is 0. The van der Waals surface area contributed by atoms with Gasteiger partial charge in [0.2, 0.25) is 0 Å². The minimum atomic E-state index is 0.542. The van der Waals surface area contributed by atoms with Gasteiger partial charge in [0, 0.05) is 27.1 Å². The Bertz CT molecular complexity index is 2920. The van der Waals surface area contributed by atoms with Gasteiger partial charge in [-0.15, -0.1) is 0 Å². The molecule has 0 bridgehead atoms. The van der Waals surface area contributed by atoms with E-state index in [-0.39, 0.29) is 0 Å². The van der Waals surface area contributed by atoms with Gasteiger partial charge in [-0.25, -0.2) is 0 Å². The lowest BCUT2D eigenvalue weighted by atomic mass is 9.94. The van der Waals surface area contributed by atoms with Gasteiger partial charge in [0.05, 0.1) is 62.3 Å². The molecule has 50 heavy (non-hydrogen) atoms. The van der Waals surface area contributed by atoms with Crippen LogP contribution < -0.4 is 0 Å². The molecule has 0 unspecified atom stereocenters. The Morgan fingerprint density at radius 1 is 0.360 bits per heavy atom. The molecule has 0 aliphatic heterocycles. The lowest BCUT2D eigenvalue weighted by molar-refractivity contribution is 1.17. The molecule has 0 N–H and O–H groups in total. The summed E-state index contributed by atoms with van der Waals surface area (Å²) >= 11 is 0.